The van der Waals surface area contributed by atoms with E-state index >= 15 is 0 Å². The van der Waals surface area contributed by atoms with Crippen molar-refractivity contribution in [1.29, 1.82) is 0 Å². The number of carbonyl (C=O) groups is 1. The van der Waals surface area contributed by atoms with Crippen molar-refractivity contribution in [3.8, 4) is 0 Å². The molecule has 19 heavy (non-hydrogen) atoms. The molecule has 0 amide bonds. The fraction of sp³-hybridized carbons (Fsp3) is 0.583. The van der Waals surface area contributed by atoms with Gasteiger partial charge in [-0.05, 0) is 31.9 Å². The van der Waals surface area contributed by atoms with E-state index in [9.17, 15) is 13.2 Å². The Bertz CT molecular complexity index is 529. The molecule has 0 fully saturated rings. The topological polar surface area (TPSA) is 83.5 Å². The molecule has 1 unspecified atom stereocenters. The zero-order valence-corrected chi connectivity index (χ0v) is 12.9. The molecule has 1 rings (SSSR count). The van der Waals surface area contributed by atoms with E-state index in [1.54, 1.807) is 6.07 Å². The second-order valence-corrected chi connectivity index (χ2v) is 7.66. The van der Waals surface area contributed by atoms with Gasteiger partial charge in [0.05, 0.1) is 0 Å². The molecule has 0 aliphatic carbocycles. The maximum Gasteiger partial charge on any atom is 0.321 e. The van der Waals surface area contributed by atoms with Gasteiger partial charge in [-0.25, -0.2) is 8.42 Å². The van der Waals surface area contributed by atoms with Crippen LogP contribution in [0.4, 0.5) is 0 Å². The molecule has 7 heteroatoms. The van der Waals surface area contributed by atoms with Gasteiger partial charge in [0.2, 0.25) is 0 Å². The Morgan fingerprint density at radius 3 is 2.53 bits per heavy atom. The smallest absolute Gasteiger partial charge is 0.321 e. The van der Waals surface area contributed by atoms with E-state index in [2.05, 4.69) is 4.72 Å². The van der Waals surface area contributed by atoms with E-state index in [4.69, 9.17) is 5.11 Å². The molecule has 0 saturated heterocycles. The Morgan fingerprint density at radius 1 is 1.47 bits per heavy atom. The predicted molar refractivity (Wildman–Crippen MR) is 75.1 cm³/mol. The first-order valence-corrected chi connectivity index (χ1v) is 8.40. The van der Waals surface area contributed by atoms with Gasteiger partial charge in [-0.2, -0.15) is 4.72 Å². The van der Waals surface area contributed by atoms with Crippen molar-refractivity contribution in [3.05, 3.63) is 16.5 Å². The molecule has 5 nitrogen and oxygen atoms in total. The molecule has 2 N–H and O–H groups in total. The zero-order valence-electron chi connectivity index (χ0n) is 11.3. The standard InChI is InChI=1S/C12H19NO4S2/c1-4-5-6-10(12(14)15)13-19(16,17)11-7-8(2)9(3)18-11/h7,10,13H,4-6H2,1-3H3,(H,14,15). The molecule has 1 heterocycles. The van der Waals surface area contributed by atoms with Crippen LogP contribution in [0.15, 0.2) is 10.3 Å². The summed E-state index contributed by atoms with van der Waals surface area (Å²) in [5, 5.41) is 9.05. The second kappa shape index (κ2) is 6.49. The lowest BCUT2D eigenvalue weighted by Crippen LogP contribution is -2.40. The van der Waals surface area contributed by atoms with Crippen LogP contribution in [0.2, 0.25) is 0 Å². The van der Waals surface area contributed by atoms with Gasteiger partial charge in [0, 0.05) is 4.88 Å². The number of nitrogens with one attached hydrogen (secondary N) is 1. The largest absolute Gasteiger partial charge is 0.480 e. The summed E-state index contributed by atoms with van der Waals surface area (Å²) in [4.78, 5) is 12.0. The Morgan fingerprint density at radius 2 is 2.11 bits per heavy atom. The number of aryl methyl sites for hydroxylation is 2. The number of hydrogen-bond acceptors (Lipinski definition) is 4. The van der Waals surface area contributed by atoms with Crippen molar-refractivity contribution in [2.75, 3.05) is 0 Å². The molecule has 0 spiro atoms. The minimum Gasteiger partial charge on any atom is -0.480 e. The number of unbranched alkanes of at least 4 members (excludes halogenated alkanes) is 1. The number of rotatable bonds is 7. The molecule has 0 aromatic carbocycles. The number of thiophene rings is 1. The van der Waals surface area contributed by atoms with Crippen molar-refractivity contribution < 1.29 is 18.3 Å². The number of sulfonamides is 1. The molecule has 108 valence electrons. The van der Waals surface area contributed by atoms with Gasteiger partial charge in [-0.15, -0.1) is 11.3 Å². The quantitative estimate of drug-likeness (QED) is 0.809. The van der Waals surface area contributed by atoms with Crippen LogP contribution in [-0.4, -0.2) is 25.5 Å². The summed E-state index contributed by atoms with van der Waals surface area (Å²) in [5.41, 5.74) is 0.894. The fourth-order valence-corrected chi connectivity index (χ4v) is 4.31. The van der Waals surface area contributed by atoms with Crippen LogP contribution in [0.1, 0.15) is 36.6 Å². The Hall–Kier alpha value is -0.920. The molecule has 0 aliphatic rings. The first-order chi connectivity index (χ1) is 8.77. The predicted octanol–water partition coefficient (Wildman–Crippen LogP) is 2.29. The molecule has 1 aromatic rings. The van der Waals surface area contributed by atoms with Gasteiger partial charge in [-0.3, -0.25) is 4.79 Å². The summed E-state index contributed by atoms with van der Waals surface area (Å²) in [7, 11) is -3.75. The number of hydrogen-bond donors (Lipinski definition) is 2. The third kappa shape index (κ3) is 4.29. The van der Waals surface area contributed by atoms with Crippen LogP contribution in [0.25, 0.3) is 0 Å². The van der Waals surface area contributed by atoms with Gasteiger partial charge in [0.25, 0.3) is 10.0 Å². The van der Waals surface area contributed by atoms with Crippen molar-refractivity contribution >= 4 is 27.3 Å². The van der Waals surface area contributed by atoms with E-state index in [1.165, 1.54) is 0 Å². The maximum atomic E-state index is 12.1. The minimum absolute atomic E-state index is 0.172. The first kappa shape index (κ1) is 16.1. The SMILES string of the molecule is CCCCC(NS(=O)(=O)c1cc(C)c(C)s1)C(=O)O. The summed E-state index contributed by atoms with van der Waals surface area (Å²) in [6, 6.07) is 0.508. The Labute approximate surface area is 117 Å². The monoisotopic (exact) mass is 305 g/mol. The number of aliphatic carboxylic acids is 1. The summed E-state index contributed by atoms with van der Waals surface area (Å²) in [6.07, 6.45) is 1.79. The van der Waals surface area contributed by atoms with Gasteiger partial charge >= 0.3 is 5.97 Å². The second-order valence-electron chi connectivity index (χ2n) is 4.46. The lowest BCUT2D eigenvalue weighted by molar-refractivity contribution is -0.139. The molecule has 0 aliphatic heterocycles. The summed E-state index contributed by atoms with van der Waals surface area (Å²) in [5.74, 6) is -1.14. The normalized spacial score (nSPS) is 13.4. The maximum absolute atomic E-state index is 12.1. The van der Waals surface area contributed by atoms with Crippen LogP contribution in [0.5, 0.6) is 0 Å². The van der Waals surface area contributed by atoms with Crippen molar-refractivity contribution in [2.24, 2.45) is 0 Å². The van der Waals surface area contributed by atoms with Crippen LogP contribution >= 0.6 is 11.3 Å². The first-order valence-electron chi connectivity index (χ1n) is 6.10. The van der Waals surface area contributed by atoms with Crippen molar-refractivity contribution in [3.63, 3.8) is 0 Å². The van der Waals surface area contributed by atoms with Gasteiger partial charge < -0.3 is 5.11 Å². The van der Waals surface area contributed by atoms with Gasteiger partial charge in [0.15, 0.2) is 0 Å². The van der Waals surface area contributed by atoms with Crippen LogP contribution < -0.4 is 4.72 Å². The molecule has 0 bridgehead atoms. The number of carboxylic acid groups (broad SMARTS) is 1. The lowest BCUT2D eigenvalue weighted by Gasteiger charge is -2.13. The van der Waals surface area contributed by atoms with Crippen LogP contribution in [-0.2, 0) is 14.8 Å². The van der Waals surface area contributed by atoms with Crippen molar-refractivity contribution in [1.82, 2.24) is 4.72 Å². The molecule has 1 aromatic heterocycles. The van der Waals surface area contributed by atoms with Gasteiger partial charge in [0.1, 0.15) is 10.3 Å². The van der Waals surface area contributed by atoms with E-state index in [0.29, 0.717) is 12.8 Å². The van der Waals surface area contributed by atoms with Gasteiger partial charge in [-0.1, -0.05) is 19.8 Å². The molecular formula is C12H19NO4S2. The highest BCUT2D eigenvalue weighted by Crippen LogP contribution is 2.25. The highest BCUT2D eigenvalue weighted by atomic mass is 32.2. The average molecular weight is 305 g/mol. The van der Waals surface area contributed by atoms with E-state index in [-0.39, 0.29) is 4.21 Å². The minimum atomic E-state index is -3.75. The fourth-order valence-electron chi connectivity index (χ4n) is 1.56. The van der Waals surface area contributed by atoms with Crippen molar-refractivity contribution in [2.45, 2.75) is 50.3 Å². The molecule has 1 atom stereocenters. The zero-order chi connectivity index (χ0) is 14.6. The summed E-state index contributed by atoms with van der Waals surface area (Å²) >= 11 is 1.16. The third-order valence-electron chi connectivity index (χ3n) is 2.85. The molecular weight excluding hydrogens is 286 g/mol. The van der Waals surface area contributed by atoms with E-state index in [0.717, 1.165) is 28.2 Å². The molecule has 0 saturated carbocycles. The average Bonchev–Trinajstić information content (AvgIpc) is 2.65. The lowest BCUT2D eigenvalue weighted by atomic mass is 10.1. The number of carboxylic acids is 1. The van der Waals surface area contributed by atoms with Crippen LogP contribution in [0.3, 0.4) is 0 Å². The summed E-state index contributed by atoms with van der Waals surface area (Å²) < 4.78 is 26.7. The Kier molecular flexibility index (Phi) is 5.51. The van der Waals surface area contributed by atoms with E-state index < -0.39 is 22.0 Å². The highest BCUT2D eigenvalue weighted by Gasteiger charge is 2.26. The highest BCUT2D eigenvalue weighted by molar-refractivity contribution is 7.91. The third-order valence-corrected chi connectivity index (χ3v) is 5.95. The summed E-state index contributed by atoms with van der Waals surface area (Å²) in [6.45, 7) is 5.60. The van der Waals surface area contributed by atoms with Crippen LogP contribution in [0, 0.1) is 13.8 Å². The molecule has 0 radical (unpaired) electrons. The van der Waals surface area contributed by atoms with E-state index in [1.807, 2.05) is 20.8 Å². The Balaban J connectivity index is 2.90.